The van der Waals surface area contributed by atoms with Crippen LogP contribution < -0.4 is 0 Å². The molecule has 3 saturated heterocycles. The fourth-order valence-electron chi connectivity index (χ4n) is 3.95. The summed E-state index contributed by atoms with van der Waals surface area (Å²) in [5.41, 5.74) is 0. The first-order chi connectivity index (χ1) is 14.2. The monoisotopic (exact) mass is 430 g/mol. The Hall–Kier alpha value is -0.890. The van der Waals surface area contributed by atoms with E-state index in [1.54, 1.807) is 13.8 Å². The minimum atomic E-state index is -0.551. The van der Waals surface area contributed by atoms with Gasteiger partial charge in [-0.05, 0) is 73.1 Å². The van der Waals surface area contributed by atoms with E-state index in [2.05, 4.69) is 37.2 Å². The number of ether oxygens (including phenoxy) is 6. The minimum absolute atomic E-state index is 0.0613. The fraction of sp³-hybridized carbons (Fsp3) is 0.957. The Morgan fingerprint density at radius 3 is 1.77 bits per heavy atom. The molecule has 1 saturated carbocycles. The van der Waals surface area contributed by atoms with E-state index in [0.717, 1.165) is 25.9 Å². The van der Waals surface area contributed by atoms with Crippen molar-refractivity contribution < 1.29 is 33.2 Å². The van der Waals surface area contributed by atoms with Crippen molar-refractivity contribution in [1.29, 1.82) is 0 Å². The second-order valence-electron chi connectivity index (χ2n) is 8.94. The quantitative estimate of drug-likeness (QED) is 0.558. The van der Waals surface area contributed by atoms with Crippen LogP contribution in [0.25, 0.3) is 0 Å². The highest BCUT2D eigenvalue weighted by Crippen LogP contribution is 2.41. The van der Waals surface area contributed by atoms with E-state index in [0.29, 0.717) is 12.0 Å². The summed E-state index contributed by atoms with van der Waals surface area (Å²) in [6, 6.07) is 0. The normalized spacial score (nSPS) is 39.4. The minimum Gasteiger partial charge on any atom is -0.427 e. The van der Waals surface area contributed by atoms with Gasteiger partial charge in [-0.1, -0.05) is 6.92 Å². The summed E-state index contributed by atoms with van der Waals surface area (Å²) in [6.45, 7) is 14.9. The molecule has 0 aromatic rings. The van der Waals surface area contributed by atoms with Gasteiger partial charge in [0.25, 0.3) is 0 Å². The first-order valence-corrected chi connectivity index (χ1v) is 11.7. The molecule has 0 bridgehead atoms. The molecule has 3 aliphatic heterocycles. The van der Waals surface area contributed by atoms with Gasteiger partial charge in [0.1, 0.15) is 12.2 Å². The van der Waals surface area contributed by atoms with Gasteiger partial charge in [0.2, 0.25) is 0 Å². The molecule has 7 unspecified atom stereocenters. The maximum atomic E-state index is 10.2. The molecule has 4 rings (SSSR count). The van der Waals surface area contributed by atoms with Gasteiger partial charge in [0.15, 0.2) is 12.1 Å². The third kappa shape index (κ3) is 7.36. The van der Waals surface area contributed by atoms with Crippen LogP contribution in [0, 0.1) is 5.92 Å². The van der Waals surface area contributed by atoms with Crippen molar-refractivity contribution in [3.63, 3.8) is 0 Å². The maximum absolute atomic E-state index is 10.2. The molecule has 7 atom stereocenters. The lowest BCUT2D eigenvalue weighted by Crippen LogP contribution is -2.33. The van der Waals surface area contributed by atoms with E-state index < -0.39 is 6.16 Å². The highest BCUT2D eigenvalue weighted by molar-refractivity contribution is 5.62. The molecule has 4 aliphatic rings. The zero-order valence-corrected chi connectivity index (χ0v) is 19.8. The Morgan fingerprint density at radius 2 is 1.37 bits per heavy atom. The summed E-state index contributed by atoms with van der Waals surface area (Å²) in [6.07, 6.45) is 7.29. The molecular formula is C23H42O7. The molecule has 7 heteroatoms. The van der Waals surface area contributed by atoms with Crippen LogP contribution >= 0.6 is 0 Å². The average molecular weight is 431 g/mol. The van der Waals surface area contributed by atoms with Crippen LogP contribution in [-0.2, 0) is 28.4 Å². The van der Waals surface area contributed by atoms with E-state index in [1.165, 1.54) is 19.3 Å². The third-order valence-corrected chi connectivity index (χ3v) is 6.43. The molecule has 1 spiro atoms. The smallest absolute Gasteiger partial charge is 0.427 e. The SMILES string of the molecule is CC1OC(=O)OC1C.CC1OC2(CCCC2)OC1C.CCOC1CCC(C)C(C)O1. The number of rotatable bonds is 2. The standard InChI is InChI=1S/C9H16O2.C9H18O2.C5H8O3/c1-7-8(2)11-9(10-7)5-3-4-6-9;1-4-10-9-6-5-7(2)8(3)11-9;1-3-4(2)8-5(6)7-3/h7-8H,3-6H2,1-2H3;7-9H,4-6H2,1-3H3;3-4H,1-2H3. The zero-order valence-electron chi connectivity index (χ0n) is 19.8. The van der Waals surface area contributed by atoms with Crippen molar-refractivity contribution >= 4 is 6.16 Å². The number of cyclic esters (lactones) is 2. The van der Waals surface area contributed by atoms with Crippen molar-refractivity contribution in [1.82, 2.24) is 0 Å². The van der Waals surface area contributed by atoms with Gasteiger partial charge in [-0.2, -0.15) is 0 Å². The largest absolute Gasteiger partial charge is 0.509 e. The van der Waals surface area contributed by atoms with Gasteiger partial charge in [-0.25, -0.2) is 4.79 Å². The van der Waals surface area contributed by atoms with Crippen LogP contribution in [0.2, 0.25) is 0 Å². The van der Waals surface area contributed by atoms with Gasteiger partial charge in [-0.15, -0.1) is 0 Å². The number of carbonyl (C=O) groups is 1. The number of carbonyl (C=O) groups excluding carboxylic acids is 1. The highest BCUT2D eigenvalue weighted by Gasteiger charge is 2.45. The number of hydrogen-bond acceptors (Lipinski definition) is 7. The molecule has 1 aliphatic carbocycles. The molecule has 30 heavy (non-hydrogen) atoms. The van der Waals surface area contributed by atoms with Crippen molar-refractivity contribution in [2.24, 2.45) is 5.92 Å². The molecular weight excluding hydrogens is 388 g/mol. The Bertz CT molecular complexity index is 496. The predicted molar refractivity (Wildman–Crippen MR) is 113 cm³/mol. The molecule has 0 aromatic carbocycles. The summed E-state index contributed by atoms with van der Waals surface area (Å²) in [7, 11) is 0. The molecule has 0 amide bonds. The van der Waals surface area contributed by atoms with E-state index in [9.17, 15) is 4.79 Å². The van der Waals surface area contributed by atoms with Crippen molar-refractivity contribution in [3.8, 4) is 0 Å². The summed E-state index contributed by atoms with van der Waals surface area (Å²) in [5.74, 6) is 0.519. The molecule has 4 fully saturated rings. The van der Waals surface area contributed by atoms with Crippen molar-refractivity contribution in [3.05, 3.63) is 0 Å². The summed E-state index contributed by atoms with van der Waals surface area (Å²) in [4.78, 5) is 10.2. The molecule has 0 radical (unpaired) electrons. The van der Waals surface area contributed by atoms with Gasteiger partial charge >= 0.3 is 6.16 Å². The lowest BCUT2D eigenvalue weighted by molar-refractivity contribution is -0.200. The second-order valence-corrected chi connectivity index (χ2v) is 8.94. The van der Waals surface area contributed by atoms with Crippen LogP contribution in [0.1, 0.15) is 87.0 Å². The number of hydrogen-bond donors (Lipinski definition) is 0. The molecule has 0 aromatic heterocycles. The topological polar surface area (TPSA) is 72.5 Å². The van der Waals surface area contributed by atoms with Crippen molar-refractivity contribution in [2.75, 3.05) is 6.61 Å². The fourth-order valence-corrected chi connectivity index (χ4v) is 3.95. The second kappa shape index (κ2) is 11.7. The van der Waals surface area contributed by atoms with Crippen LogP contribution in [0.4, 0.5) is 4.79 Å². The Morgan fingerprint density at radius 1 is 0.833 bits per heavy atom. The van der Waals surface area contributed by atoms with Crippen molar-refractivity contribution in [2.45, 2.75) is 130 Å². The van der Waals surface area contributed by atoms with Gasteiger partial charge in [0, 0.05) is 19.4 Å². The van der Waals surface area contributed by atoms with Crippen LogP contribution in [0.3, 0.4) is 0 Å². The lowest BCUT2D eigenvalue weighted by Gasteiger charge is -2.32. The molecule has 176 valence electrons. The van der Waals surface area contributed by atoms with Crippen LogP contribution in [0.15, 0.2) is 0 Å². The zero-order chi connectivity index (χ0) is 22.3. The van der Waals surface area contributed by atoms with Crippen LogP contribution in [0.5, 0.6) is 0 Å². The van der Waals surface area contributed by atoms with E-state index in [-0.39, 0.29) is 36.5 Å². The Labute approximate surface area is 182 Å². The van der Waals surface area contributed by atoms with Gasteiger partial charge in [-0.3, -0.25) is 0 Å². The Balaban J connectivity index is 0.000000163. The van der Waals surface area contributed by atoms with E-state index in [1.807, 2.05) is 6.92 Å². The van der Waals surface area contributed by atoms with Gasteiger partial charge in [0.05, 0.1) is 18.3 Å². The maximum Gasteiger partial charge on any atom is 0.509 e. The summed E-state index contributed by atoms with van der Waals surface area (Å²) >= 11 is 0. The van der Waals surface area contributed by atoms with E-state index in [4.69, 9.17) is 18.9 Å². The predicted octanol–water partition coefficient (Wildman–Crippen LogP) is 5.19. The molecule has 0 N–H and O–H groups in total. The Kier molecular flexibility index (Phi) is 9.85. The molecule has 7 nitrogen and oxygen atoms in total. The first kappa shape index (κ1) is 25.4. The van der Waals surface area contributed by atoms with Gasteiger partial charge < -0.3 is 28.4 Å². The van der Waals surface area contributed by atoms with E-state index >= 15 is 0 Å². The first-order valence-electron chi connectivity index (χ1n) is 11.7. The third-order valence-electron chi connectivity index (χ3n) is 6.43. The molecule has 3 heterocycles. The highest BCUT2D eigenvalue weighted by atomic mass is 16.8. The van der Waals surface area contributed by atoms with Crippen LogP contribution in [-0.4, -0.2) is 55.4 Å². The summed E-state index contributed by atoms with van der Waals surface area (Å²) in [5, 5.41) is 0. The summed E-state index contributed by atoms with van der Waals surface area (Å²) < 4.78 is 31.8. The average Bonchev–Trinajstić information content (AvgIpc) is 3.33. The lowest BCUT2D eigenvalue weighted by atomic mass is 9.97.